The lowest BCUT2D eigenvalue weighted by molar-refractivity contribution is 0.416. The van der Waals surface area contributed by atoms with E-state index in [1.807, 2.05) is 48.5 Å². The van der Waals surface area contributed by atoms with Crippen LogP contribution < -0.4 is 10.2 Å². The minimum absolute atomic E-state index is 0.470. The van der Waals surface area contributed by atoms with Gasteiger partial charge in [-0.2, -0.15) is 5.10 Å². The van der Waals surface area contributed by atoms with E-state index in [0.717, 1.165) is 16.9 Å². The lowest BCUT2D eigenvalue weighted by atomic mass is 10.2. The number of nitrogens with zero attached hydrogens (tertiary/aromatic N) is 2. The zero-order chi connectivity index (χ0) is 16.2. The van der Waals surface area contributed by atoms with Gasteiger partial charge in [-0.15, -0.1) is 0 Å². The first kappa shape index (κ1) is 15.6. The number of hydrogen-bond donors (Lipinski definition) is 2. The lowest BCUT2D eigenvalue weighted by Crippen LogP contribution is -2.16. The zero-order valence-corrected chi connectivity index (χ0v) is 14.0. The number of ether oxygens (including phenoxy) is 1. The molecule has 0 fully saturated rings. The highest BCUT2D eigenvalue weighted by Crippen LogP contribution is 2.27. The number of H-pyrrole nitrogens is 1. The van der Waals surface area contributed by atoms with Crippen LogP contribution in [0.15, 0.2) is 48.5 Å². The van der Waals surface area contributed by atoms with Gasteiger partial charge in [-0.25, -0.2) is 9.77 Å². The van der Waals surface area contributed by atoms with E-state index >= 15 is 0 Å². The van der Waals surface area contributed by atoms with Gasteiger partial charge in [0.05, 0.1) is 19.2 Å². The maximum absolute atomic E-state index is 6.19. The smallest absolute Gasteiger partial charge is 0.214 e. The molecule has 1 heterocycles. The van der Waals surface area contributed by atoms with E-state index in [1.165, 1.54) is 0 Å². The number of benzene rings is 2. The van der Waals surface area contributed by atoms with Crippen molar-refractivity contribution in [1.29, 1.82) is 0 Å². The molecule has 0 aliphatic carbocycles. The third kappa shape index (κ3) is 3.23. The summed E-state index contributed by atoms with van der Waals surface area (Å²) in [5.74, 6) is 1.38. The molecule has 5 nitrogen and oxygen atoms in total. The summed E-state index contributed by atoms with van der Waals surface area (Å²) >= 11 is 11.5. The molecule has 0 unspecified atom stereocenters. The second kappa shape index (κ2) is 6.85. The van der Waals surface area contributed by atoms with Crippen molar-refractivity contribution < 1.29 is 4.74 Å². The van der Waals surface area contributed by atoms with Gasteiger partial charge in [-0.05, 0) is 36.0 Å². The molecule has 2 N–H and O–H groups in total. The first-order valence-corrected chi connectivity index (χ1v) is 7.77. The van der Waals surface area contributed by atoms with E-state index in [2.05, 4.69) is 15.6 Å². The van der Waals surface area contributed by atoms with Gasteiger partial charge in [0, 0.05) is 5.02 Å². The van der Waals surface area contributed by atoms with Crippen molar-refractivity contribution in [3.63, 3.8) is 0 Å². The fourth-order valence-electron chi connectivity index (χ4n) is 2.26. The van der Waals surface area contributed by atoms with Gasteiger partial charge in [0.15, 0.2) is 5.82 Å². The van der Waals surface area contributed by atoms with Crippen LogP contribution in [0.25, 0.3) is 11.4 Å². The molecule has 0 saturated heterocycles. The Balaban J connectivity index is 1.94. The molecule has 1 aromatic heterocycles. The highest BCUT2D eigenvalue weighted by Gasteiger charge is 2.13. The van der Waals surface area contributed by atoms with Gasteiger partial charge >= 0.3 is 0 Å². The highest BCUT2D eigenvalue weighted by atomic mass is 35.5. The fraction of sp³-hybridized carbons (Fsp3) is 0.125. The number of para-hydroxylation sites is 1. The second-order valence-electron chi connectivity index (χ2n) is 4.81. The normalized spacial score (nSPS) is 10.5. The van der Waals surface area contributed by atoms with Crippen LogP contribution in [-0.4, -0.2) is 22.0 Å². The molecule has 118 valence electrons. The molecule has 0 aliphatic rings. The monoisotopic (exact) mass is 346 g/mol. The van der Waals surface area contributed by atoms with Crippen molar-refractivity contribution in [2.24, 2.45) is 0 Å². The van der Waals surface area contributed by atoms with E-state index in [0.29, 0.717) is 22.2 Å². The van der Waals surface area contributed by atoms with Crippen molar-refractivity contribution in [2.45, 2.75) is 6.54 Å². The number of halogens is 1. The van der Waals surface area contributed by atoms with E-state index < -0.39 is 0 Å². The van der Waals surface area contributed by atoms with Crippen LogP contribution >= 0.6 is 23.8 Å². The summed E-state index contributed by atoms with van der Waals surface area (Å²) in [6.07, 6.45) is 0. The maximum Gasteiger partial charge on any atom is 0.214 e. The van der Waals surface area contributed by atoms with Crippen LogP contribution in [-0.2, 0) is 6.54 Å². The Morgan fingerprint density at radius 2 is 1.96 bits per heavy atom. The predicted octanol–water partition coefficient (Wildman–Crippen LogP) is 4.01. The molecule has 23 heavy (non-hydrogen) atoms. The van der Waals surface area contributed by atoms with Crippen LogP contribution in [0.5, 0.6) is 5.75 Å². The first-order valence-electron chi connectivity index (χ1n) is 6.99. The van der Waals surface area contributed by atoms with Crippen molar-refractivity contribution >= 4 is 23.8 Å². The first-order chi connectivity index (χ1) is 11.2. The van der Waals surface area contributed by atoms with Gasteiger partial charge in [0.1, 0.15) is 5.75 Å². The highest BCUT2D eigenvalue weighted by molar-refractivity contribution is 7.71. The van der Waals surface area contributed by atoms with E-state index in [-0.39, 0.29) is 0 Å². The summed E-state index contributed by atoms with van der Waals surface area (Å²) in [6, 6.07) is 15.3. The van der Waals surface area contributed by atoms with E-state index in [1.54, 1.807) is 11.8 Å². The molecule has 0 saturated carbocycles. The Labute approximate surface area is 143 Å². The molecule has 7 heteroatoms. The lowest BCUT2D eigenvalue weighted by Gasteiger charge is -2.12. The van der Waals surface area contributed by atoms with E-state index in [9.17, 15) is 0 Å². The summed E-state index contributed by atoms with van der Waals surface area (Å²) in [7, 11) is 1.63. The van der Waals surface area contributed by atoms with Crippen LogP contribution in [0.4, 0.5) is 0 Å². The molecule has 0 aliphatic heterocycles. The zero-order valence-electron chi connectivity index (χ0n) is 12.4. The van der Waals surface area contributed by atoms with Gasteiger partial charge in [0.25, 0.3) is 0 Å². The minimum atomic E-state index is 0.470. The van der Waals surface area contributed by atoms with Gasteiger partial charge in [0.2, 0.25) is 4.77 Å². The molecular weight excluding hydrogens is 332 g/mol. The Morgan fingerprint density at radius 1 is 1.22 bits per heavy atom. The Kier molecular flexibility index (Phi) is 4.64. The molecular formula is C16H15ClN4OS. The number of aromatic amines is 1. The van der Waals surface area contributed by atoms with E-state index in [4.69, 9.17) is 28.6 Å². The Morgan fingerprint density at radius 3 is 2.74 bits per heavy atom. The number of nitrogens with one attached hydrogen (secondary N) is 2. The summed E-state index contributed by atoms with van der Waals surface area (Å²) in [6.45, 7) is 0.523. The molecule has 0 amide bonds. The fourth-order valence-corrected chi connectivity index (χ4v) is 2.66. The summed E-state index contributed by atoms with van der Waals surface area (Å²) in [5, 5.41) is 7.80. The van der Waals surface area contributed by atoms with Gasteiger partial charge in [-0.1, -0.05) is 41.9 Å². The Hall–Kier alpha value is -2.31. The average Bonchev–Trinajstić information content (AvgIpc) is 2.95. The third-order valence-electron chi connectivity index (χ3n) is 3.41. The maximum atomic E-state index is 6.19. The standard InChI is InChI=1S/C16H15ClN4OS/c1-22-14-9-5-3-7-12(14)15-19-20-16(23)21(15)18-10-11-6-2-4-8-13(11)17/h2-9,18H,10H2,1H3,(H,20,23). The quantitative estimate of drug-likeness (QED) is 0.685. The Bertz CT molecular complexity index is 874. The predicted molar refractivity (Wildman–Crippen MR) is 93.9 cm³/mol. The van der Waals surface area contributed by atoms with Gasteiger partial charge < -0.3 is 10.2 Å². The molecule has 3 rings (SSSR count). The molecule has 0 bridgehead atoms. The number of hydrogen-bond acceptors (Lipinski definition) is 4. The van der Waals surface area contributed by atoms with Crippen molar-refractivity contribution in [3.8, 4) is 17.1 Å². The molecule has 0 radical (unpaired) electrons. The van der Waals surface area contributed by atoms with Crippen LogP contribution in [0.2, 0.25) is 5.02 Å². The SMILES string of the molecule is COc1ccccc1-c1n[nH]c(=S)n1NCc1ccccc1Cl. The molecule has 0 atom stereocenters. The number of methoxy groups -OCH3 is 1. The van der Waals surface area contributed by atoms with Crippen molar-refractivity contribution in [3.05, 3.63) is 63.9 Å². The molecule has 2 aromatic carbocycles. The second-order valence-corrected chi connectivity index (χ2v) is 5.61. The minimum Gasteiger partial charge on any atom is -0.496 e. The topological polar surface area (TPSA) is 54.9 Å². The average molecular weight is 347 g/mol. The summed E-state index contributed by atoms with van der Waals surface area (Å²) in [5.41, 5.74) is 5.06. The number of aromatic nitrogens is 3. The van der Waals surface area contributed by atoms with Crippen molar-refractivity contribution in [2.75, 3.05) is 12.5 Å². The summed E-state index contributed by atoms with van der Waals surface area (Å²) < 4.78 is 7.58. The van der Waals surface area contributed by atoms with Crippen molar-refractivity contribution in [1.82, 2.24) is 14.9 Å². The van der Waals surface area contributed by atoms with Crippen LogP contribution in [0, 0.1) is 4.77 Å². The number of rotatable bonds is 5. The summed E-state index contributed by atoms with van der Waals surface area (Å²) in [4.78, 5) is 0. The van der Waals surface area contributed by atoms with Crippen LogP contribution in [0.1, 0.15) is 5.56 Å². The van der Waals surface area contributed by atoms with Gasteiger partial charge in [-0.3, -0.25) is 0 Å². The molecule has 3 aromatic rings. The molecule has 0 spiro atoms. The largest absolute Gasteiger partial charge is 0.496 e. The third-order valence-corrected chi connectivity index (χ3v) is 4.05. The van der Waals surface area contributed by atoms with Crippen LogP contribution in [0.3, 0.4) is 0 Å².